The highest BCUT2D eigenvalue weighted by atomic mass is 16.5. The third-order valence-corrected chi connectivity index (χ3v) is 3.14. The lowest BCUT2D eigenvalue weighted by molar-refractivity contribution is -0.130. The summed E-state index contributed by atoms with van der Waals surface area (Å²) in [7, 11) is 0. The number of amides is 1. The molecule has 1 amide bonds. The molecule has 0 bridgehead atoms. The van der Waals surface area contributed by atoms with Crippen LogP contribution < -0.4 is 0 Å². The van der Waals surface area contributed by atoms with E-state index >= 15 is 0 Å². The van der Waals surface area contributed by atoms with Gasteiger partial charge in [0, 0.05) is 13.1 Å². The summed E-state index contributed by atoms with van der Waals surface area (Å²) in [5, 5.41) is 9.18. The first-order chi connectivity index (χ1) is 9.22. The number of nitriles is 1. The van der Waals surface area contributed by atoms with E-state index in [4.69, 9.17) is 4.74 Å². The van der Waals surface area contributed by atoms with Crippen molar-refractivity contribution < 1.29 is 9.53 Å². The van der Waals surface area contributed by atoms with E-state index in [0.29, 0.717) is 26.3 Å². The molecule has 1 heterocycles. The Labute approximate surface area is 112 Å². The Morgan fingerprint density at radius 2 is 2.05 bits per heavy atom. The van der Waals surface area contributed by atoms with Gasteiger partial charge in [0.15, 0.2) is 0 Å². The highest BCUT2D eigenvalue weighted by molar-refractivity contribution is 6.01. The lowest BCUT2D eigenvalue weighted by Gasteiger charge is -2.26. The molecule has 98 valence electrons. The number of aryl methyl sites for hydroxylation is 1. The monoisotopic (exact) mass is 256 g/mol. The molecule has 0 radical (unpaired) electrons. The molecule has 4 nitrogen and oxygen atoms in total. The summed E-state index contributed by atoms with van der Waals surface area (Å²) in [6, 6.07) is 9.69. The van der Waals surface area contributed by atoms with Gasteiger partial charge in [0.25, 0.3) is 5.91 Å². The number of morpholine rings is 1. The molecule has 1 aromatic carbocycles. The van der Waals surface area contributed by atoms with Crippen LogP contribution in [0.25, 0.3) is 6.08 Å². The first kappa shape index (κ1) is 13.3. The Bertz CT molecular complexity index is 537. The van der Waals surface area contributed by atoms with Crippen LogP contribution in [-0.2, 0) is 9.53 Å². The van der Waals surface area contributed by atoms with Gasteiger partial charge in [-0.25, -0.2) is 0 Å². The zero-order valence-corrected chi connectivity index (χ0v) is 10.9. The van der Waals surface area contributed by atoms with E-state index in [2.05, 4.69) is 0 Å². The SMILES string of the molecule is Cc1ccccc1/C=C(\C#N)C(=O)N1CCOCC1. The molecule has 0 atom stereocenters. The van der Waals surface area contributed by atoms with Gasteiger partial charge in [0.1, 0.15) is 11.6 Å². The third-order valence-electron chi connectivity index (χ3n) is 3.14. The minimum Gasteiger partial charge on any atom is -0.378 e. The Morgan fingerprint density at radius 3 is 2.68 bits per heavy atom. The maximum absolute atomic E-state index is 12.2. The van der Waals surface area contributed by atoms with Crippen LogP contribution in [0.15, 0.2) is 29.8 Å². The van der Waals surface area contributed by atoms with Gasteiger partial charge in [-0.15, -0.1) is 0 Å². The van der Waals surface area contributed by atoms with Crippen molar-refractivity contribution >= 4 is 12.0 Å². The fraction of sp³-hybridized carbons (Fsp3) is 0.333. The molecular weight excluding hydrogens is 240 g/mol. The summed E-state index contributed by atoms with van der Waals surface area (Å²) in [6.45, 7) is 4.13. The van der Waals surface area contributed by atoms with Gasteiger partial charge in [-0.1, -0.05) is 24.3 Å². The summed E-state index contributed by atoms with van der Waals surface area (Å²) in [5.74, 6) is -0.214. The predicted octanol–water partition coefficient (Wildman–Crippen LogP) is 1.76. The summed E-state index contributed by atoms with van der Waals surface area (Å²) >= 11 is 0. The Hall–Kier alpha value is -2.12. The number of carbonyl (C=O) groups excluding carboxylic acids is 1. The van der Waals surface area contributed by atoms with E-state index in [1.807, 2.05) is 37.3 Å². The van der Waals surface area contributed by atoms with Crippen LogP contribution in [0.5, 0.6) is 0 Å². The van der Waals surface area contributed by atoms with Crippen LogP contribution in [0.4, 0.5) is 0 Å². The van der Waals surface area contributed by atoms with E-state index in [1.54, 1.807) is 11.0 Å². The second-order valence-corrected chi connectivity index (χ2v) is 4.43. The standard InChI is InChI=1S/C15H16N2O2/c1-12-4-2-3-5-13(12)10-14(11-16)15(18)17-6-8-19-9-7-17/h2-5,10H,6-9H2,1H3/b14-10+. The van der Waals surface area contributed by atoms with Crippen molar-refractivity contribution in [2.75, 3.05) is 26.3 Å². The summed E-state index contributed by atoms with van der Waals surface area (Å²) in [6.07, 6.45) is 1.66. The summed E-state index contributed by atoms with van der Waals surface area (Å²) < 4.78 is 5.20. The van der Waals surface area contributed by atoms with E-state index in [1.165, 1.54) is 0 Å². The van der Waals surface area contributed by atoms with Crippen LogP contribution in [0.2, 0.25) is 0 Å². The van der Waals surface area contributed by atoms with Gasteiger partial charge in [0.2, 0.25) is 0 Å². The maximum atomic E-state index is 12.2. The number of benzene rings is 1. The van der Waals surface area contributed by atoms with E-state index in [0.717, 1.165) is 11.1 Å². The summed E-state index contributed by atoms with van der Waals surface area (Å²) in [5.41, 5.74) is 2.13. The number of ether oxygens (including phenoxy) is 1. The normalized spacial score (nSPS) is 16.0. The minimum absolute atomic E-state index is 0.177. The van der Waals surface area contributed by atoms with E-state index in [9.17, 15) is 10.1 Å². The largest absolute Gasteiger partial charge is 0.378 e. The first-order valence-electron chi connectivity index (χ1n) is 6.27. The molecule has 0 aromatic heterocycles. The van der Waals surface area contributed by atoms with Crippen LogP contribution in [0, 0.1) is 18.3 Å². The second-order valence-electron chi connectivity index (χ2n) is 4.43. The zero-order valence-electron chi connectivity index (χ0n) is 10.9. The van der Waals surface area contributed by atoms with Crippen LogP contribution in [0.1, 0.15) is 11.1 Å². The fourth-order valence-corrected chi connectivity index (χ4v) is 1.98. The molecule has 0 unspecified atom stereocenters. The first-order valence-corrected chi connectivity index (χ1v) is 6.27. The van der Waals surface area contributed by atoms with Crippen molar-refractivity contribution in [3.63, 3.8) is 0 Å². The Morgan fingerprint density at radius 1 is 1.37 bits per heavy atom. The molecule has 0 aliphatic carbocycles. The zero-order chi connectivity index (χ0) is 13.7. The quantitative estimate of drug-likeness (QED) is 0.598. The van der Waals surface area contributed by atoms with Gasteiger partial charge >= 0.3 is 0 Å². The molecule has 1 aromatic rings. The lowest BCUT2D eigenvalue weighted by atomic mass is 10.1. The van der Waals surface area contributed by atoms with Gasteiger partial charge in [-0.2, -0.15) is 5.26 Å². The van der Waals surface area contributed by atoms with Gasteiger partial charge in [-0.05, 0) is 24.1 Å². The third kappa shape index (κ3) is 3.21. The molecule has 19 heavy (non-hydrogen) atoms. The van der Waals surface area contributed by atoms with Crippen LogP contribution in [-0.4, -0.2) is 37.1 Å². The molecule has 1 aliphatic heterocycles. The molecule has 0 spiro atoms. The highest BCUT2D eigenvalue weighted by Gasteiger charge is 2.20. The number of rotatable bonds is 2. The Kier molecular flexibility index (Phi) is 4.32. The van der Waals surface area contributed by atoms with Crippen molar-refractivity contribution in [1.29, 1.82) is 5.26 Å². The minimum atomic E-state index is -0.214. The molecule has 1 aliphatic rings. The highest BCUT2D eigenvalue weighted by Crippen LogP contribution is 2.14. The van der Waals surface area contributed by atoms with Gasteiger partial charge < -0.3 is 9.64 Å². The summed E-state index contributed by atoms with van der Waals surface area (Å²) in [4.78, 5) is 13.9. The number of nitrogens with zero attached hydrogens (tertiary/aromatic N) is 2. The molecule has 0 saturated carbocycles. The predicted molar refractivity (Wildman–Crippen MR) is 72.2 cm³/mol. The average Bonchev–Trinajstić information content (AvgIpc) is 2.47. The van der Waals surface area contributed by atoms with Gasteiger partial charge in [-0.3, -0.25) is 4.79 Å². The van der Waals surface area contributed by atoms with Gasteiger partial charge in [0.05, 0.1) is 13.2 Å². The van der Waals surface area contributed by atoms with Crippen molar-refractivity contribution in [3.05, 3.63) is 41.0 Å². The molecule has 1 saturated heterocycles. The fourth-order valence-electron chi connectivity index (χ4n) is 1.98. The number of carbonyl (C=O) groups is 1. The topological polar surface area (TPSA) is 53.3 Å². The van der Waals surface area contributed by atoms with Crippen molar-refractivity contribution in [1.82, 2.24) is 4.90 Å². The van der Waals surface area contributed by atoms with Crippen molar-refractivity contribution in [2.24, 2.45) is 0 Å². The van der Waals surface area contributed by atoms with E-state index < -0.39 is 0 Å². The van der Waals surface area contributed by atoms with E-state index in [-0.39, 0.29) is 11.5 Å². The second kappa shape index (κ2) is 6.17. The molecule has 0 N–H and O–H groups in total. The van der Waals surface area contributed by atoms with Crippen LogP contribution >= 0.6 is 0 Å². The number of hydrogen-bond acceptors (Lipinski definition) is 3. The molecule has 4 heteroatoms. The molecular formula is C15H16N2O2. The molecule has 2 rings (SSSR count). The smallest absolute Gasteiger partial charge is 0.264 e. The van der Waals surface area contributed by atoms with Crippen molar-refractivity contribution in [2.45, 2.75) is 6.92 Å². The maximum Gasteiger partial charge on any atom is 0.264 e. The van der Waals surface area contributed by atoms with Crippen LogP contribution in [0.3, 0.4) is 0 Å². The molecule has 1 fully saturated rings. The number of hydrogen-bond donors (Lipinski definition) is 0. The van der Waals surface area contributed by atoms with Crippen molar-refractivity contribution in [3.8, 4) is 6.07 Å². The average molecular weight is 256 g/mol. The Balaban J connectivity index is 2.22. The lowest BCUT2D eigenvalue weighted by Crippen LogP contribution is -2.41.